The topological polar surface area (TPSA) is 51.9 Å². The van der Waals surface area contributed by atoms with Gasteiger partial charge < -0.3 is 9.88 Å². The Morgan fingerprint density at radius 2 is 2.00 bits per heavy atom. The van der Waals surface area contributed by atoms with Crippen molar-refractivity contribution in [3.8, 4) is 0 Å². The average molecular weight is 324 g/mol. The maximum Gasteiger partial charge on any atom is 0.267 e. The first-order valence-corrected chi connectivity index (χ1v) is 8.38. The molecule has 0 unspecified atom stereocenters. The first kappa shape index (κ1) is 16.3. The molecule has 3 rings (SSSR count). The van der Waals surface area contributed by atoms with Crippen LogP contribution < -0.4 is 5.32 Å². The van der Waals surface area contributed by atoms with Gasteiger partial charge in [0.25, 0.3) is 5.91 Å². The smallest absolute Gasteiger partial charge is 0.267 e. The standard InChI is InChI=1S/C19H24N4O/c1-5-16-13(2)21-23(14(16)3)11-10-20-19(24)18-12-15-8-6-7-9-17(15)22(18)4/h6-9,12H,5,10-11H2,1-4H3,(H,20,24). The minimum Gasteiger partial charge on any atom is -0.349 e. The van der Waals surface area contributed by atoms with Crippen molar-refractivity contribution in [1.82, 2.24) is 19.7 Å². The molecule has 1 aromatic carbocycles. The van der Waals surface area contributed by atoms with Crippen LogP contribution in [0.4, 0.5) is 0 Å². The van der Waals surface area contributed by atoms with Crippen LogP contribution in [0.15, 0.2) is 30.3 Å². The van der Waals surface area contributed by atoms with Crippen LogP contribution in [-0.4, -0.2) is 26.8 Å². The van der Waals surface area contributed by atoms with Crippen molar-refractivity contribution in [2.45, 2.75) is 33.7 Å². The highest BCUT2D eigenvalue weighted by molar-refractivity contribution is 5.98. The van der Waals surface area contributed by atoms with E-state index in [4.69, 9.17) is 0 Å². The summed E-state index contributed by atoms with van der Waals surface area (Å²) in [4.78, 5) is 12.5. The monoisotopic (exact) mass is 324 g/mol. The van der Waals surface area contributed by atoms with Crippen LogP contribution in [0, 0.1) is 13.8 Å². The lowest BCUT2D eigenvalue weighted by atomic mass is 10.1. The van der Waals surface area contributed by atoms with Crippen LogP contribution in [0.3, 0.4) is 0 Å². The lowest BCUT2D eigenvalue weighted by molar-refractivity contribution is 0.0944. The number of fused-ring (bicyclic) bond motifs is 1. The highest BCUT2D eigenvalue weighted by Gasteiger charge is 2.13. The Hall–Kier alpha value is -2.56. The zero-order valence-corrected chi connectivity index (χ0v) is 14.8. The summed E-state index contributed by atoms with van der Waals surface area (Å²) in [5.74, 6) is -0.0500. The summed E-state index contributed by atoms with van der Waals surface area (Å²) in [6.07, 6.45) is 0.986. The van der Waals surface area contributed by atoms with Crippen LogP contribution in [0.25, 0.3) is 10.9 Å². The van der Waals surface area contributed by atoms with Gasteiger partial charge in [0.1, 0.15) is 5.69 Å². The number of rotatable bonds is 5. The molecule has 0 aliphatic rings. The van der Waals surface area contributed by atoms with E-state index in [1.54, 1.807) is 0 Å². The lowest BCUT2D eigenvalue weighted by Gasteiger charge is -2.08. The lowest BCUT2D eigenvalue weighted by Crippen LogP contribution is -2.29. The summed E-state index contributed by atoms with van der Waals surface area (Å²) < 4.78 is 3.92. The fourth-order valence-corrected chi connectivity index (χ4v) is 3.34. The van der Waals surface area contributed by atoms with Crippen LogP contribution in [0.5, 0.6) is 0 Å². The van der Waals surface area contributed by atoms with Crippen molar-refractivity contribution in [3.63, 3.8) is 0 Å². The number of carbonyl (C=O) groups excluding carboxylic acids is 1. The Kier molecular flexibility index (Phi) is 4.42. The van der Waals surface area contributed by atoms with Crippen molar-refractivity contribution in [1.29, 1.82) is 0 Å². The number of hydrogen-bond acceptors (Lipinski definition) is 2. The van der Waals surface area contributed by atoms with Crippen molar-refractivity contribution in [3.05, 3.63) is 53.0 Å². The van der Waals surface area contributed by atoms with Gasteiger partial charge in [-0.1, -0.05) is 25.1 Å². The minimum absolute atomic E-state index is 0.0500. The van der Waals surface area contributed by atoms with E-state index in [0.717, 1.165) is 23.0 Å². The second-order valence-corrected chi connectivity index (χ2v) is 6.13. The third kappa shape index (κ3) is 2.82. The average Bonchev–Trinajstić information content (AvgIpc) is 3.05. The molecule has 0 aliphatic carbocycles. The second kappa shape index (κ2) is 6.51. The van der Waals surface area contributed by atoms with E-state index in [9.17, 15) is 4.79 Å². The van der Waals surface area contributed by atoms with Gasteiger partial charge in [-0.15, -0.1) is 0 Å². The molecule has 2 aromatic heterocycles. The maximum absolute atomic E-state index is 12.5. The third-order valence-corrected chi connectivity index (χ3v) is 4.68. The quantitative estimate of drug-likeness (QED) is 0.784. The molecule has 0 spiro atoms. The van der Waals surface area contributed by atoms with Crippen molar-refractivity contribution >= 4 is 16.8 Å². The number of nitrogens with zero attached hydrogens (tertiary/aromatic N) is 3. The second-order valence-electron chi connectivity index (χ2n) is 6.13. The third-order valence-electron chi connectivity index (χ3n) is 4.68. The number of hydrogen-bond donors (Lipinski definition) is 1. The Morgan fingerprint density at radius 3 is 2.67 bits per heavy atom. The summed E-state index contributed by atoms with van der Waals surface area (Å²) >= 11 is 0. The fourth-order valence-electron chi connectivity index (χ4n) is 3.34. The Bertz CT molecular complexity index is 888. The molecular weight excluding hydrogens is 300 g/mol. The number of carbonyl (C=O) groups is 1. The van der Waals surface area contributed by atoms with Gasteiger partial charge >= 0.3 is 0 Å². The highest BCUT2D eigenvalue weighted by Crippen LogP contribution is 2.18. The van der Waals surface area contributed by atoms with Gasteiger partial charge in [-0.05, 0) is 38.0 Å². The number of nitrogens with one attached hydrogen (secondary N) is 1. The highest BCUT2D eigenvalue weighted by atomic mass is 16.1. The van der Waals surface area contributed by atoms with Gasteiger partial charge in [-0.25, -0.2) is 0 Å². The van der Waals surface area contributed by atoms with Gasteiger partial charge in [0.15, 0.2) is 0 Å². The molecule has 5 nitrogen and oxygen atoms in total. The Balaban J connectivity index is 1.68. The van der Waals surface area contributed by atoms with Crippen molar-refractivity contribution in [2.75, 3.05) is 6.54 Å². The molecule has 5 heteroatoms. The van der Waals surface area contributed by atoms with Crippen molar-refractivity contribution in [2.24, 2.45) is 7.05 Å². The van der Waals surface area contributed by atoms with E-state index < -0.39 is 0 Å². The molecule has 0 aliphatic heterocycles. The van der Waals surface area contributed by atoms with Gasteiger partial charge in [0, 0.05) is 30.2 Å². The molecule has 3 aromatic rings. The molecule has 1 N–H and O–H groups in total. The number of amides is 1. The first-order valence-electron chi connectivity index (χ1n) is 8.38. The predicted octanol–water partition coefficient (Wildman–Crippen LogP) is 2.98. The number of aromatic nitrogens is 3. The molecule has 0 atom stereocenters. The molecular formula is C19H24N4O. The van der Waals surface area contributed by atoms with E-state index >= 15 is 0 Å². The molecule has 0 radical (unpaired) electrons. The van der Waals surface area contributed by atoms with E-state index in [0.29, 0.717) is 18.8 Å². The van der Waals surface area contributed by atoms with Gasteiger partial charge in [-0.2, -0.15) is 5.10 Å². The normalized spacial score (nSPS) is 11.2. The summed E-state index contributed by atoms with van der Waals surface area (Å²) in [7, 11) is 1.92. The van der Waals surface area contributed by atoms with E-state index in [2.05, 4.69) is 24.3 Å². The molecule has 0 saturated carbocycles. The molecule has 0 bridgehead atoms. The van der Waals surface area contributed by atoms with Gasteiger partial charge in [-0.3, -0.25) is 9.48 Å². The van der Waals surface area contributed by atoms with E-state index in [1.165, 1.54) is 11.3 Å². The molecule has 24 heavy (non-hydrogen) atoms. The summed E-state index contributed by atoms with van der Waals surface area (Å²) in [5, 5.41) is 8.65. The number of aryl methyl sites for hydroxylation is 2. The predicted molar refractivity (Wildman–Crippen MR) is 96.3 cm³/mol. The fraction of sp³-hybridized carbons (Fsp3) is 0.368. The van der Waals surface area contributed by atoms with Crippen LogP contribution >= 0.6 is 0 Å². The van der Waals surface area contributed by atoms with Crippen LogP contribution in [0.1, 0.15) is 34.4 Å². The minimum atomic E-state index is -0.0500. The van der Waals surface area contributed by atoms with Gasteiger partial charge in [0.05, 0.1) is 12.2 Å². The molecule has 0 fully saturated rings. The number of para-hydroxylation sites is 1. The SMILES string of the molecule is CCc1c(C)nn(CCNC(=O)c2cc3ccccc3n2C)c1C. The van der Waals surface area contributed by atoms with Crippen LogP contribution in [0.2, 0.25) is 0 Å². The Morgan fingerprint density at radius 1 is 1.25 bits per heavy atom. The largest absolute Gasteiger partial charge is 0.349 e. The van der Waals surface area contributed by atoms with E-state index in [1.807, 2.05) is 53.6 Å². The molecule has 0 saturated heterocycles. The Labute approximate surface area is 142 Å². The van der Waals surface area contributed by atoms with Crippen molar-refractivity contribution < 1.29 is 4.79 Å². The van der Waals surface area contributed by atoms with Crippen LogP contribution in [-0.2, 0) is 20.0 Å². The molecule has 2 heterocycles. The number of benzene rings is 1. The van der Waals surface area contributed by atoms with E-state index in [-0.39, 0.29) is 5.91 Å². The molecule has 1 amide bonds. The summed E-state index contributed by atoms with van der Waals surface area (Å²) in [6, 6.07) is 9.95. The maximum atomic E-state index is 12.5. The summed E-state index contributed by atoms with van der Waals surface area (Å²) in [5.41, 5.74) is 5.31. The van der Waals surface area contributed by atoms with Gasteiger partial charge in [0.2, 0.25) is 0 Å². The summed E-state index contributed by atoms with van der Waals surface area (Å²) in [6.45, 7) is 7.51. The molecule has 126 valence electrons. The zero-order valence-electron chi connectivity index (χ0n) is 14.8. The first-order chi connectivity index (χ1) is 11.5. The zero-order chi connectivity index (χ0) is 17.3.